The van der Waals surface area contributed by atoms with Gasteiger partial charge in [-0.2, -0.15) is 5.26 Å². The summed E-state index contributed by atoms with van der Waals surface area (Å²) in [5, 5.41) is 10.5. The molecule has 3 aromatic rings. The molecule has 0 spiro atoms. The number of halogens is 2. The molecule has 1 aromatic carbocycles. The highest BCUT2D eigenvalue weighted by Gasteiger charge is 2.33. The molecule has 1 saturated heterocycles. The molecule has 180 valence electrons. The van der Waals surface area contributed by atoms with E-state index in [2.05, 4.69) is 35.3 Å². The molecule has 0 saturated carbocycles. The van der Waals surface area contributed by atoms with Crippen molar-refractivity contribution in [1.82, 2.24) is 9.97 Å². The number of nitrogens with two attached hydrogens (primary N) is 1. The third-order valence-corrected chi connectivity index (χ3v) is 8.23. The molecule has 2 aliphatic heterocycles. The largest absolute Gasteiger partial charge is 0.389 e. The number of nitriles is 1. The first kappa shape index (κ1) is 23.4. The van der Waals surface area contributed by atoms with Crippen LogP contribution in [0.4, 0.5) is 19.7 Å². The number of benzene rings is 1. The van der Waals surface area contributed by atoms with E-state index in [-0.39, 0.29) is 56.9 Å². The third-order valence-electron chi connectivity index (χ3n) is 7.21. The van der Waals surface area contributed by atoms with E-state index in [1.165, 1.54) is 6.08 Å². The van der Waals surface area contributed by atoms with Gasteiger partial charge in [0.1, 0.15) is 22.4 Å². The Morgan fingerprint density at radius 2 is 2.09 bits per heavy atom. The molecule has 6 nitrogen and oxygen atoms in total. The second-order valence-electron chi connectivity index (χ2n) is 9.04. The van der Waals surface area contributed by atoms with Gasteiger partial charge < -0.3 is 15.4 Å². The maximum absolute atomic E-state index is 16.3. The first-order chi connectivity index (χ1) is 16.8. The van der Waals surface area contributed by atoms with Gasteiger partial charge in [0.15, 0.2) is 5.82 Å². The van der Waals surface area contributed by atoms with Gasteiger partial charge in [-0.05, 0) is 42.9 Å². The van der Waals surface area contributed by atoms with Gasteiger partial charge in [-0.15, -0.1) is 11.3 Å². The quantitative estimate of drug-likeness (QED) is 0.484. The van der Waals surface area contributed by atoms with Gasteiger partial charge in [0.25, 0.3) is 0 Å². The van der Waals surface area contributed by atoms with Crippen LogP contribution in [0.5, 0.6) is 0 Å². The molecule has 4 heterocycles. The first-order valence-electron chi connectivity index (χ1n) is 11.5. The molecule has 35 heavy (non-hydrogen) atoms. The van der Waals surface area contributed by atoms with E-state index < -0.39 is 11.6 Å². The Morgan fingerprint density at radius 1 is 1.34 bits per heavy atom. The lowest BCUT2D eigenvalue weighted by Crippen LogP contribution is -2.30. The number of rotatable bonds is 4. The topological polar surface area (TPSA) is 88.1 Å². The van der Waals surface area contributed by atoms with Crippen molar-refractivity contribution in [2.45, 2.75) is 46.4 Å². The average Bonchev–Trinajstić information content (AvgIpc) is 3.56. The standard InChI is InChI=1S/C26H25F2N5OS/c1-5-19(27)24-21(15(8-29)25(30)35-24)13(3)20-18-11-34-10-17(18)16-9-31-26(32-23(16)22(20)28)33-7-6-12(2)14(33)4/h5,9,12,14H,3,6-7,10-11,30H2,1-2,4H3/b19-5+. The van der Waals surface area contributed by atoms with Gasteiger partial charge in [-0.25, -0.2) is 18.7 Å². The predicted molar refractivity (Wildman–Crippen MR) is 135 cm³/mol. The van der Waals surface area contributed by atoms with Crippen LogP contribution in [0, 0.1) is 23.1 Å². The fourth-order valence-electron chi connectivity index (χ4n) is 5.01. The van der Waals surface area contributed by atoms with E-state index in [0.29, 0.717) is 22.8 Å². The van der Waals surface area contributed by atoms with E-state index >= 15 is 4.39 Å². The van der Waals surface area contributed by atoms with Crippen molar-refractivity contribution in [3.05, 3.63) is 57.4 Å². The van der Waals surface area contributed by atoms with Gasteiger partial charge in [-0.1, -0.05) is 19.6 Å². The number of hydrogen-bond donors (Lipinski definition) is 1. The summed E-state index contributed by atoms with van der Waals surface area (Å²) in [5.41, 5.74) is 8.24. The zero-order valence-corrected chi connectivity index (χ0v) is 20.6. The van der Waals surface area contributed by atoms with Crippen molar-refractivity contribution in [3.8, 4) is 6.07 Å². The van der Waals surface area contributed by atoms with Gasteiger partial charge in [-0.3, -0.25) is 0 Å². The van der Waals surface area contributed by atoms with E-state index in [1.54, 1.807) is 13.1 Å². The van der Waals surface area contributed by atoms with Gasteiger partial charge in [0.2, 0.25) is 5.95 Å². The maximum atomic E-state index is 16.3. The Kier molecular flexibility index (Phi) is 5.82. The fraction of sp³-hybridized carbons (Fsp3) is 0.346. The number of nitrogen functional groups attached to an aromatic ring is 1. The normalized spacial score (nSPS) is 19.9. The molecule has 0 radical (unpaired) electrons. The fourth-order valence-corrected chi connectivity index (χ4v) is 6.02. The minimum Gasteiger partial charge on any atom is -0.389 e. The van der Waals surface area contributed by atoms with Gasteiger partial charge >= 0.3 is 0 Å². The van der Waals surface area contributed by atoms with Crippen LogP contribution in [0.2, 0.25) is 0 Å². The lowest BCUT2D eigenvalue weighted by atomic mass is 9.89. The second-order valence-corrected chi connectivity index (χ2v) is 10.1. The molecular formula is C26H25F2N5OS. The summed E-state index contributed by atoms with van der Waals surface area (Å²) in [5.74, 6) is -0.174. The summed E-state index contributed by atoms with van der Waals surface area (Å²) in [6.45, 7) is 11.2. The Labute approximate surface area is 206 Å². The molecule has 1 fully saturated rings. The molecule has 9 heteroatoms. The molecule has 5 rings (SSSR count). The number of fused-ring (bicyclic) bond motifs is 3. The van der Waals surface area contributed by atoms with Crippen LogP contribution in [0.1, 0.15) is 59.9 Å². The minimum absolute atomic E-state index is 0.0856. The Morgan fingerprint density at radius 3 is 2.74 bits per heavy atom. The maximum Gasteiger partial charge on any atom is 0.226 e. The molecule has 2 unspecified atom stereocenters. The van der Waals surface area contributed by atoms with Crippen LogP contribution in [-0.4, -0.2) is 22.6 Å². The van der Waals surface area contributed by atoms with Crippen LogP contribution in [-0.2, 0) is 18.0 Å². The van der Waals surface area contributed by atoms with Crippen LogP contribution in [0.15, 0.2) is 18.9 Å². The lowest BCUT2D eigenvalue weighted by Gasteiger charge is -2.24. The summed E-state index contributed by atoms with van der Waals surface area (Å²) >= 11 is 0.949. The zero-order chi connectivity index (χ0) is 25.0. The monoisotopic (exact) mass is 493 g/mol. The summed E-state index contributed by atoms with van der Waals surface area (Å²) in [4.78, 5) is 11.5. The number of hydrogen-bond acceptors (Lipinski definition) is 7. The molecule has 2 atom stereocenters. The van der Waals surface area contributed by atoms with Gasteiger partial charge in [0, 0.05) is 35.3 Å². The number of thiophene rings is 1. The number of ether oxygens (including phenoxy) is 1. The Hall–Kier alpha value is -3.35. The van der Waals surface area contributed by atoms with Crippen molar-refractivity contribution in [2.24, 2.45) is 5.92 Å². The van der Waals surface area contributed by atoms with Crippen molar-refractivity contribution in [1.29, 1.82) is 5.26 Å². The van der Waals surface area contributed by atoms with Crippen LogP contribution < -0.4 is 10.6 Å². The van der Waals surface area contributed by atoms with Crippen molar-refractivity contribution >= 4 is 44.6 Å². The van der Waals surface area contributed by atoms with Gasteiger partial charge in [0.05, 0.1) is 23.7 Å². The second kappa shape index (κ2) is 8.70. The Balaban J connectivity index is 1.75. The summed E-state index contributed by atoms with van der Waals surface area (Å²) in [7, 11) is 0. The predicted octanol–water partition coefficient (Wildman–Crippen LogP) is 5.94. The molecule has 2 N–H and O–H groups in total. The highest BCUT2D eigenvalue weighted by molar-refractivity contribution is 7.17. The molecule has 0 aliphatic carbocycles. The minimum atomic E-state index is -0.585. The van der Waals surface area contributed by atoms with Crippen LogP contribution in [0.25, 0.3) is 22.3 Å². The smallest absolute Gasteiger partial charge is 0.226 e. The van der Waals surface area contributed by atoms with Crippen LogP contribution in [0.3, 0.4) is 0 Å². The van der Waals surface area contributed by atoms with E-state index in [0.717, 1.165) is 29.9 Å². The van der Waals surface area contributed by atoms with E-state index in [9.17, 15) is 9.65 Å². The molecule has 2 aromatic heterocycles. The molecule has 2 aliphatic rings. The number of anilines is 2. The number of aromatic nitrogens is 2. The van der Waals surface area contributed by atoms with E-state index in [4.69, 9.17) is 10.5 Å². The average molecular weight is 494 g/mol. The van der Waals surface area contributed by atoms with Crippen LogP contribution >= 0.6 is 11.3 Å². The SMILES string of the molecule is C=C(c1c(/C(F)=C\C)sc(N)c1C#N)c1c2c(c3cnc(N4CCC(C)C4C)nc3c1F)COC2. The highest BCUT2D eigenvalue weighted by atomic mass is 32.1. The molecule has 0 bridgehead atoms. The van der Waals surface area contributed by atoms with Crippen molar-refractivity contribution in [2.75, 3.05) is 17.2 Å². The lowest BCUT2D eigenvalue weighted by molar-refractivity contribution is 0.134. The van der Waals surface area contributed by atoms with Crippen molar-refractivity contribution in [3.63, 3.8) is 0 Å². The first-order valence-corrected chi connectivity index (χ1v) is 12.3. The number of allylic oxidation sites excluding steroid dienone is 1. The Bertz CT molecular complexity index is 1450. The number of nitrogens with zero attached hydrogens (tertiary/aromatic N) is 4. The van der Waals surface area contributed by atoms with E-state index in [1.807, 2.05) is 6.07 Å². The molecular weight excluding hydrogens is 468 g/mol. The third kappa shape index (κ3) is 3.51. The molecule has 0 amide bonds. The summed E-state index contributed by atoms with van der Waals surface area (Å²) in [6, 6.07) is 2.28. The summed E-state index contributed by atoms with van der Waals surface area (Å²) in [6.07, 6.45) is 3.96. The highest BCUT2D eigenvalue weighted by Crippen LogP contribution is 2.45. The summed E-state index contributed by atoms with van der Waals surface area (Å²) < 4.78 is 36.8. The zero-order valence-electron chi connectivity index (χ0n) is 19.8. The van der Waals surface area contributed by atoms with Crippen molar-refractivity contribution < 1.29 is 13.5 Å².